The molecule has 414 valence electrons. The molecule has 0 aromatic heterocycles. The van der Waals surface area contributed by atoms with Gasteiger partial charge in [-0.25, -0.2) is 0 Å². The van der Waals surface area contributed by atoms with Gasteiger partial charge < -0.3 is 14.2 Å². The van der Waals surface area contributed by atoms with Crippen molar-refractivity contribution in [2.24, 2.45) is 0 Å². The van der Waals surface area contributed by atoms with E-state index in [9.17, 15) is 14.4 Å². The summed E-state index contributed by atoms with van der Waals surface area (Å²) in [6.45, 7) is 6.56. The van der Waals surface area contributed by atoms with E-state index in [1.54, 1.807) is 0 Å². The zero-order valence-corrected chi connectivity index (χ0v) is 47.5. The van der Waals surface area contributed by atoms with Crippen LogP contribution in [-0.2, 0) is 28.6 Å². The van der Waals surface area contributed by atoms with Crippen molar-refractivity contribution in [2.45, 2.75) is 335 Å². The molecule has 0 aromatic rings. The minimum Gasteiger partial charge on any atom is -0.462 e. The van der Waals surface area contributed by atoms with E-state index >= 15 is 0 Å². The Morgan fingerprint density at radius 1 is 0.296 bits per heavy atom. The highest BCUT2D eigenvalue weighted by Crippen LogP contribution is 2.17. The molecule has 6 nitrogen and oxygen atoms in total. The molecular formula is C65H118O6. The molecule has 0 fully saturated rings. The van der Waals surface area contributed by atoms with Gasteiger partial charge in [0.05, 0.1) is 0 Å². The Labute approximate surface area is 441 Å². The molecule has 0 amide bonds. The number of hydrogen-bond donors (Lipinski definition) is 0. The standard InChI is InChI=1S/C65H118O6/c1-4-7-10-13-16-19-22-25-28-30-31-32-33-35-37-40-43-46-49-52-55-58-64(67)70-61-62(60-69-63(66)57-54-51-48-45-42-39-36-27-24-21-18-15-12-9-6-3)71-65(68)59-56-53-50-47-44-41-38-34-29-26-23-20-17-14-11-8-5-2/h9,12,18,21,26-27,29,36,62H,4-8,10-11,13-17,19-20,22-25,28,30-35,37-61H2,1-3H3/b12-9-,21-18-,29-26-,36-27-. The Morgan fingerprint density at radius 2 is 0.549 bits per heavy atom. The van der Waals surface area contributed by atoms with Crippen molar-refractivity contribution in [2.75, 3.05) is 13.2 Å². The maximum absolute atomic E-state index is 12.9. The third-order valence-corrected chi connectivity index (χ3v) is 13.8. The van der Waals surface area contributed by atoms with Crippen molar-refractivity contribution in [3.8, 4) is 0 Å². The highest BCUT2D eigenvalue weighted by atomic mass is 16.6. The van der Waals surface area contributed by atoms with Gasteiger partial charge in [-0.3, -0.25) is 14.4 Å². The first-order chi connectivity index (χ1) is 35.0. The molecule has 0 radical (unpaired) electrons. The summed E-state index contributed by atoms with van der Waals surface area (Å²) >= 11 is 0. The number of hydrogen-bond acceptors (Lipinski definition) is 6. The Morgan fingerprint density at radius 3 is 0.873 bits per heavy atom. The lowest BCUT2D eigenvalue weighted by Crippen LogP contribution is -2.30. The van der Waals surface area contributed by atoms with Gasteiger partial charge >= 0.3 is 17.9 Å². The van der Waals surface area contributed by atoms with Crippen LogP contribution < -0.4 is 0 Å². The Hall–Kier alpha value is -2.63. The molecule has 1 unspecified atom stereocenters. The molecule has 6 heteroatoms. The van der Waals surface area contributed by atoms with E-state index < -0.39 is 6.10 Å². The summed E-state index contributed by atoms with van der Waals surface area (Å²) in [4.78, 5) is 38.3. The van der Waals surface area contributed by atoms with E-state index in [0.29, 0.717) is 19.3 Å². The van der Waals surface area contributed by atoms with Crippen LogP contribution in [-0.4, -0.2) is 37.2 Å². The third kappa shape index (κ3) is 58.1. The molecule has 0 aromatic carbocycles. The highest BCUT2D eigenvalue weighted by Gasteiger charge is 2.19. The normalized spacial score (nSPS) is 12.3. The second-order valence-electron chi connectivity index (χ2n) is 20.9. The van der Waals surface area contributed by atoms with Crippen LogP contribution in [0.5, 0.6) is 0 Å². The second-order valence-corrected chi connectivity index (χ2v) is 20.9. The average Bonchev–Trinajstić information content (AvgIpc) is 3.37. The summed E-state index contributed by atoms with van der Waals surface area (Å²) in [5.41, 5.74) is 0. The first kappa shape index (κ1) is 68.4. The van der Waals surface area contributed by atoms with Crippen LogP contribution in [0.1, 0.15) is 329 Å². The fourth-order valence-electron chi connectivity index (χ4n) is 9.16. The summed E-state index contributed by atoms with van der Waals surface area (Å²) in [7, 11) is 0. The molecule has 0 rings (SSSR count). The average molecular weight is 996 g/mol. The molecule has 0 aliphatic heterocycles. The minimum atomic E-state index is -0.781. The lowest BCUT2D eigenvalue weighted by Gasteiger charge is -2.18. The summed E-state index contributed by atoms with van der Waals surface area (Å²) < 4.78 is 16.9. The number of carbonyl (C=O) groups excluding carboxylic acids is 3. The van der Waals surface area contributed by atoms with Gasteiger partial charge in [0.2, 0.25) is 0 Å². The molecular weight excluding hydrogens is 877 g/mol. The monoisotopic (exact) mass is 995 g/mol. The molecule has 0 saturated carbocycles. The van der Waals surface area contributed by atoms with Crippen molar-refractivity contribution < 1.29 is 28.6 Å². The molecule has 0 N–H and O–H groups in total. The van der Waals surface area contributed by atoms with Gasteiger partial charge in [0.1, 0.15) is 13.2 Å². The smallest absolute Gasteiger partial charge is 0.306 e. The molecule has 0 aliphatic rings. The molecule has 1 atom stereocenters. The lowest BCUT2D eigenvalue weighted by molar-refractivity contribution is -0.167. The molecule has 0 aliphatic carbocycles. The van der Waals surface area contributed by atoms with Crippen LogP contribution in [0.2, 0.25) is 0 Å². The molecule has 0 spiro atoms. The van der Waals surface area contributed by atoms with Gasteiger partial charge in [0, 0.05) is 19.3 Å². The predicted octanol–water partition coefficient (Wildman–Crippen LogP) is 21.0. The zero-order valence-electron chi connectivity index (χ0n) is 47.5. The van der Waals surface area contributed by atoms with E-state index in [0.717, 1.165) is 96.3 Å². The van der Waals surface area contributed by atoms with Gasteiger partial charge in [-0.1, -0.05) is 281 Å². The van der Waals surface area contributed by atoms with Gasteiger partial charge in [-0.2, -0.15) is 0 Å². The Bertz CT molecular complexity index is 1230. The van der Waals surface area contributed by atoms with Gasteiger partial charge in [0.25, 0.3) is 0 Å². The summed E-state index contributed by atoms with van der Waals surface area (Å²) in [5, 5.41) is 0. The summed E-state index contributed by atoms with van der Waals surface area (Å²) in [6.07, 6.45) is 74.0. The third-order valence-electron chi connectivity index (χ3n) is 13.8. The van der Waals surface area contributed by atoms with E-state index in [1.807, 2.05) is 0 Å². The molecule has 71 heavy (non-hydrogen) atoms. The topological polar surface area (TPSA) is 78.9 Å². The first-order valence-corrected chi connectivity index (χ1v) is 31.1. The fraction of sp³-hybridized carbons (Fsp3) is 0.831. The van der Waals surface area contributed by atoms with Crippen LogP contribution in [0.25, 0.3) is 0 Å². The maximum Gasteiger partial charge on any atom is 0.306 e. The van der Waals surface area contributed by atoms with Crippen molar-refractivity contribution in [3.63, 3.8) is 0 Å². The van der Waals surface area contributed by atoms with E-state index in [-0.39, 0.29) is 31.1 Å². The summed E-state index contributed by atoms with van der Waals surface area (Å²) in [6, 6.07) is 0. The van der Waals surface area contributed by atoms with Crippen LogP contribution in [0.3, 0.4) is 0 Å². The number of ether oxygens (including phenoxy) is 3. The van der Waals surface area contributed by atoms with E-state index in [2.05, 4.69) is 69.4 Å². The highest BCUT2D eigenvalue weighted by molar-refractivity contribution is 5.71. The van der Waals surface area contributed by atoms with Crippen molar-refractivity contribution >= 4 is 17.9 Å². The molecule has 0 bridgehead atoms. The van der Waals surface area contributed by atoms with Gasteiger partial charge in [-0.05, 0) is 77.0 Å². The minimum absolute atomic E-state index is 0.0770. The summed E-state index contributed by atoms with van der Waals surface area (Å²) in [5.74, 6) is -0.880. The van der Waals surface area contributed by atoms with Crippen LogP contribution >= 0.6 is 0 Å². The van der Waals surface area contributed by atoms with Gasteiger partial charge in [0.15, 0.2) is 6.10 Å². The van der Waals surface area contributed by atoms with Crippen LogP contribution in [0, 0.1) is 0 Å². The second kappa shape index (κ2) is 59.9. The number of rotatable bonds is 57. The number of unbranched alkanes of at least 4 members (excludes halogenated alkanes) is 38. The maximum atomic E-state index is 12.9. The van der Waals surface area contributed by atoms with Crippen molar-refractivity contribution in [3.05, 3.63) is 48.6 Å². The lowest BCUT2D eigenvalue weighted by atomic mass is 10.0. The van der Waals surface area contributed by atoms with Gasteiger partial charge in [-0.15, -0.1) is 0 Å². The molecule has 0 saturated heterocycles. The molecule has 0 heterocycles. The first-order valence-electron chi connectivity index (χ1n) is 31.1. The SMILES string of the molecule is CC/C=C\C/C=C\C/C=C\CCCCCCCC(=O)OCC(COC(=O)CCCCCCCCCCCCCCCCCCCCCCC)OC(=O)CCCCCCCCC/C=C\CCCCCCCC. The van der Waals surface area contributed by atoms with Crippen LogP contribution in [0.15, 0.2) is 48.6 Å². The fourth-order valence-corrected chi connectivity index (χ4v) is 9.16. The van der Waals surface area contributed by atoms with E-state index in [4.69, 9.17) is 14.2 Å². The zero-order chi connectivity index (χ0) is 51.4. The quantitative estimate of drug-likeness (QED) is 0.0261. The Kier molecular flexibility index (Phi) is 57.7. The van der Waals surface area contributed by atoms with Crippen molar-refractivity contribution in [1.29, 1.82) is 0 Å². The largest absolute Gasteiger partial charge is 0.462 e. The number of carbonyl (C=O) groups is 3. The number of esters is 3. The van der Waals surface area contributed by atoms with Crippen molar-refractivity contribution in [1.82, 2.24) is 0 Å². The predicted molar refractivity (Wildman–Crippen MR) is 307 cm³/mol. The van der Waals surface area contributed by atoms with E-state index in [1.165, 1.54) is 193 Å². The number of allylic oxidation sites excluding steroid dienone is 8. The Balaban J connectivity index is 4.33. The van der Waals surface area contributed by atoms with Crippen LogP contribution in [0.4, 0.5) is 0 Å².